The van der Waals surface area contributed by atoms with Crippen LogP contribution in [0.3, 0.4) is 0 Å². The van der Waals surface area contributed by atoms with Crippen molar-refractivity contribution in [3.8, 4) is 0 Å². The van der Waals surface area contributed by atoms with Gasteiger partial charge in [0.15, 0.2) is 0 Å². The molecule has 1 aliphatic carbocycles. The fraction of sp³-hybridized carbons (Fsp3) is 0.706. The summed E-state index contributed by atoms with van der Waals surface area (Å²) in [6, 6.07) is 2.72. The maximum atomic E-state index is 12.4. The number of rotatable bonds is 4. The fourth-order valence-electron chi connectivity index (χ4n) is 3.65. The standard InChI is InChI=1S/C17H26N2OS/c1-2-13-4-3-5-15(10-13)18-11-17(20)19-8-6-16-14(12-19)7-9-21-16/h7,9,13,15,18H,2-6,8,10-12H2,1H3. The molecule has 1 N–H and O–H groups in total. The number of hydrogen-bond donors (Lipinski definition) is 1. The van der Waals surface area contributed by atoms with E-state index in [9.17, 15) is 4.79 Å². The summed E-state index contributed by atoms with van der Waals surface area (Å²) in [6.07, 6.45) is 7.47. The van der Waals surface area contributed by atoms with E-state index in [2.05, 4.69) is 23.7 Å². The van der Waals surface area contributed by atoms with Gasteiger partial charge in [-0.3, -0.25) is 4.79 Å². The predicted octanol–water partition coefficient (Wildman–Crippen LogP) is 3.19. The summed E-state index contributed by atoms with van der Waals surface area (Å²) in [7, 11) is 0. The quantitative estimate of drug-likeness (QED) is 0.926. The Hall–Kier alpha value is -0.870. The van der Waals surface area contributed by atoms with E-state index in [4.69, 9.17) is 0 Å². The molecule has 2 heterocycles. The minimum Gasteiger partial charge on any atom is -0.337 e. The van der Waals surface area contributed by atoms with Crippen LogP contribution in [0.1, 0.15) is 49.5 Å². The molecule has 1 saturated carbocycles. The molecule has 2 aliphatic rings. The van der Waals surface area contributed by atoms with Crippen molar-refractivity contribution < 1.29 is 4.79 Å². The van der Waals surface area contributed by atoms with Crippen molar-refractivity contribution in [1.29, 1.82) is 0 Å². The van der Waals surface area contributed by atoms with Gasteiger partial charge in [-0.2, -0.15) is 0 Å². The molecule has 0 bridgehead atoms. The maximum Gasteiger partial charge on any atom is 0.236 e. The van der Waals surface area contributed by atoms with E-state index in [0.717, 1.165) is 25.4 Å². The summed E-state index contributed by atoms with van der Waals surface area (Å²) in [5.41, 5.74) is 1.35. The molecule has 1 fully saturated rings. The van der Waals surface area contributed by atoms with Crippen LogP contribution in [0.2, 0.25) is 0 Å². The third-order valence-corrected chi connectivity index (χ3v) is 6.09. The molecule has 3 rings (SSSR count). The minimum absolute atomic E-state index is 0.269. The summed E-state index contributed by atoms with van der Waals surface area (Å²) < 4.78 is 0. The molecular formula is C17H26N2OS. The number of nitrogens with one attached hydrogen (secondary N) is 1. The molecule has 1 aromatic rings. The fourth-order valence-corrected chi connectivity index (χ4v) is 4.54. The van der Waals surface area contributed by atoms with Crippen LogP contribution in [0, 0.1) is 5.92 Å². The molecule has 1 aliphatic heterocycles. The highest BCUT2D eigenvalue weighted by Gasteiger charge is 2.24. The zero-order chi connectivity index (χ0) is 14.7. The maximum absolute atomic E-state index is 12.4. The predicted molar refractivity (Wildman–Crippen MR) is 87.5 cm³/mol. The highest BCUT2D eigenvalue weighted by atomic mass is 32.1. The first-order valence-corrected chi connectivity index (χ1v) is 9.20. The van der Waals surface area contributed by atoms with E-state index < -0.39 is 0 Å². The van der Waals surface area contributed by atoms with Crippen molar-refractivity contribution in [1.82, 2.24) is 10.2 Å². The number of thiophene rings is 1. The Kier molecular flexibility index (Phi) is 4.96. The average Bonchev–Trinajstić information content (AvgIpc) is 3.00. The molecule has 0 radical (unpaired) electrons. The highest BCUT2D eigenvalue weighted by molar-refractivity contribution is 7.10. The van der Waals surface area contributed by atoms with Crippen molar-refractivity contribution in [2.45, 2.75) is 58.0 Å². The van der Waals surface area contributed by atoms with Crippen LogP contribution >= 0.6 is 11.3 Å². The minimum atomic E-state index is 0.269. The van der Waals surface area contributed by atoms with Crippen LogP contribution in [-0.4, -0.2) is 29.9 Å². The molecule has 4 heteroatoms. The van der Waals surface area contributed by atoms with E-state index in [-0.39, 0.29) is 5.91 Å². The molecule has 3 nitrogen and oxygen atoms in total. The van der Waals surface area contributed by atoms with Gasteiger partial charge in [-0.1, -0.05) is 26.2 Å². The topological polar surface area (TPSA) is 32.3 Å². The molecule has 116 valence electrons. The van der Waals surface area contributed by atoms with Crippen molar-refractivity contribution in [2.75, 3.05) is 13.1 Å². The Morgan fingerprint density at radius 3 is 3.24 bits per heavy atom. The summed E-state index contributed by atoms with van der Waals surface area (Å²) in [6.45, 7) is 4.49. The summed E-state index contributed by atoms with van der Waals surface area (Å²) in [5.74, 6) is 1.13. The lowest BCUT2D eigenvalue weighted by molar-refractivity contribution is -0.131. The van der Waals surface area contributed by atoms with Crippen LogP contribution in [0.15, 0.2) is 11.4 Å². The Labute approximate surface area is 131 Å². The van der Waals surface area contributed by atoms with Gasteiger partial charge in [0.1, 0.15) is 0 Å². The molecule has 2 unspecified atom stereocenters. The normalized spacial score (nSPS) is 25.7. The molecule has 2 atom stereocenters. The van der Waals surface area contributed by atoms with Gasteiger partial charge >= 0.3 is 0 Å². The van der Waals surface area contributed by atoms with Crippen LogP contribution in [0.25, 0.3) is 0 Å². The van der Waals surface area contributed by atoms with E-state index in [0.29, 0.717) is 12.6 Å². The summed E-state index contributed by atoms with van der Waals surface area (Å²) in [5, 5.41) is 5.65. The number of hydrogen-bond acceptors (Lipinski definition) is 3. The Balaban J connectivity index is 1.46. The molecule has 1 aromatic heterocycles. The second kappa shape index (κ2) is 6.93. The Morgan fingerprint density at radius 2 is 2.38 bits per heavy atom. The van der Waals surface area contributed by atoms with E-state index in [1.54, 1.807) is 0 Å². The third-order valence-electron chi connectivity index (χ3n) is 5.06. The summed E-state index contributed by atoms with van der Waals surface area (Å²) in [4.78, 5) is 15.9. The second-order valence-corrected chi connectivity index (χ2v) is 7.45. The molecule has 1 amide bonds. The number of carbonyl (C=O) groups is 1. The van der Waals surface area contributed by atoms with Crippen LogP contribution < -0.4 is 5.32 Å². The largest absolute Gasteiger partial charge is 0.337 e. The second-order valence-electron chi connectivity index (χ2n) is 6.45. The van der Waals surface area contributed by atoms with Gasteiger partial charge in [-0.15, -0.1) is 11.3 Å². The lowest BCUT2D eigenvalue weighted by atomic mass is 9.84. The lowest BCUT2D eigenvalue weighted by Crippen LogP contribution is -2.44. The Morgan fingerprint density at radius 1 is 1.48 bits per heavy atom. The molecule has 0 saturated heterocycles. The van der Waals surface area contributed by atoms with Gasteiger partial charge in [-0.25, -0.2) is 0 Å². The van der Waals surface area contributed by atoms with Crippen molar-refractivity contribution in [2.24, 2.45) is 5.92 Å². The van der Waals surface area contributed by atoms with Crippen LogP contribution in [0.5, 0.6) is 0 Å². The molecule has 21 heavy (non-hydrogen) atoms. The zero-order valence-electron chi connectivity index (χ0n) is 12.9. The number of carbonyl (C=O) groups excluding carboxylic acids is 1. The first-order chi connectivity index (χ1) is 10.3. The monoisotopic (exact) mass is 306 g/mol. The Bertz CT molecular complexity index is 485. The first kappa shape index (κ1) is 15.0. The molecule has 0 aromatic carbocycles. The van der Waals surface area contributed by atoms with Crippen molar-refractivity contribution in [3.05, 3.63) is 21.9 Å². The highest BCUT2D eigenvalue weighted by Crippen LogP contribution is 2.27. The van der Waals surface area contributed by atoms with Crippen molar-refractivity contribution in [3.63, 3.8) is 0 Å². The SMILES string of the molecule is CCC1CCCC(NCC(=O)N2CCc3sccc3C2)C1. The van der Waals surface area contributed by atoms with Crippen LogP contribution in [-0.2, 0) is 17.8 Å². The van der Waals surface area contributed by atoms with E-state index in [1.165, 1.54) is 42.5 Å². The number of amides is 1. The lowest BCUT2D eigenvalue weighted by Gasteiger charge is -2.31. The van der Waals surface area contributed by atoms with Gasteiger partial charge in [0.2, 0.25) is 5.91 Å². The third kappa shape index (κ3) is 3.67. The summed E-state index contributed by atoms with van der Waals surface area (Å²) >= 11 is 1.82. The zero-order valence-corrected chi connectivity index (χ0v) is 13.8. The smallest absolute Gasteiger partial charge is 0.236 e. The van der Waals surface area contributed by atoms with Crippen molar-refractivity contribution >= 4 is 17.2 Å². The first-order valence-electron chi connectivity index (χ1n) is 8.32. The number of fused-ring (bicyclic) bond motifs is 1. The van der Waals surface area contributed by atoms with Gasteiger partial charge in [0.05, 0.1) is 6.54 Å². The van der Waals surface area contributed by atoms with E-state index >= 15 is 0 Å². The van der Waals surface area contributed by atoms with E-state index in [1.807, 2.05) is 16.2 Å². The van der Waals surface area contributed by atoms with Crippen LogP contribution in [0.4, 0.5) is 0 Å². The number of nitrogens with zero attached hydrogens (tertiary/aromatic N) is 1. The van der Waals surface area contributed by atoms with Gasteiger partial charge < -0.3 is 10.2 Å². The van der Waals surface area contributed by atoms with Gasteiger partial charge in [0.25, 0.3) is 0 Å². The van der Waals surface area contributed by atoms with Gasteiger partial charge in [-0.05, 0) is 42.2 Å². The molecule has 0 spiro atoms. The molecular weight excluding hydrogens is 280 g/mol. The average molecular weight is 306 g/mol. The van der Waals surface area contributed by atoms with Gasteiger partial charge in [0, 0.05) is 24.0 Å².